The van der Waals surface area contributed by atoms with Crippen LogP contribution in [0, 0.1) is 0 Å². The fourth-order valence-corrected chi connectivity index (χ4v) is 2.24. The summed E-state index contributed by atoms with van der Waals surface area (Å²) in [6.07, 6.45) is 5.39. The van der Waals surface area contributed by atoms with Gasteiger partial charge < -0.3 is 15.2 Å². The first-order chi connectivity index (χ1) is 6.62. The van der Waals surface area contributed by atoms with Crippen molar-refractivity contribution < 1.29 is 9.84 Å². The van der Waals surface area contributed by atoms with Gasteiger partial charge in [-0.05, 0) is 19.8 Å². The van der Waals surface area contributed by atoms with E-state index in [0.29, 0.717) is 6.61 Å². The second-order valence-corrected chi connectivity index (χ2v) is 5.13. The molecule has 2 N–H and O–H groups in total. The van der Waals surface area contributed by atoms with Gasteiger partial charge in [-0.15, -0.1) is 0 Å². The minimum Gasteiger partial charge on any atom is -0.387 e. The molecule has 0 unspecified atom stereocenters. The molecule has 14 heavy (non-hydrogen) atoms. The molecule has 0 radical (unpaired) electrons. The van der Waals surface area contributed by atoms with Crippen molar-refractivity contribution >= 4 is 0 Å². The first-order valence-corrected chi connectivity index (χ1v) is 5.69. The largest absolute Gasteiger partial charge is 0.387 e. The Morgan fingerprint density at radius 2 is 1.86 bits per heavy atom. The number of hydrogen-bond acceptors (Lipinski definition) is 3. The van der Waals surface area contributed by atoms with Crippen LogP contribution >= 0.6 is 0 Å². The summed E-state index contributed by atoms with van der Waals surface area (Å²) in [5.41, 5.74) is -0.552. The standard InChI is InChI=1S/C11H21NO2/c1-10(7-12-8-10)14-9-11(13)5-3-2-4-6-11/h12-13H,2-9H2,1H3. The van der Waals surface area contributed by atoms with Gasteiger partial charge >= 0.3 is 0 Å². The first-order valence-electron chi connectivity index (χ1n) is 5.69. The highest BCUT2D eigenvalue weighted by molar-refractivity contribution is 4.92. The fraction of sp³-hybridized carbons (Fsp3) is 1.00. The third-order valence-electron chi connectivity index (χ3n) is 3.47. The van der Waals surface area contributed by atoms with Crippen molar-refractivity contribution in [2.75, 3.05) is 19.7 Å². The second kappa shape index (κ2) is 3.80. The molecule has 1 aliphatic heterocycles. The van der Waals surface area contributed by atoms with Gasteiger partial charge in [0.05, 0.1) is 17.8 Å². The summed E-state index contributed by atoms with van der Waals surface area (Å²) in [5, 5.41) is 13.4. The van der Waals surface area contributed by atoms with E-state index in [1.807, 2.05) is 0 Å². The lowest BCUT2D eigenvalue weighted by Gasteiger charge is -2.42. The lowest BCUT2D eigenvalue weighted by Crippen LogP contribution is -2.60. The van der Waals surface area contributed by atoms with E-state index in [2.05, 4.69) is 12.2 Å². The zero-order chi connectivity index (χ0) is 10.1. The van der Waals surface area contributed by atoms with Crippen molar-refractivity contribution in [1.29, 1.82) is 0 Å². The molecule has 1 aliphatic carbocycles. The van der Waals surface area contributed by atoms with Gasteiger partial charge in [-0.25, -0.2) is 0 Å². The Bertz CT molecular complexity index is 195. The highest BCUT2D eigenvalue weighted by Gasteiger charge is 2.37. The normalized spacial score (nSPS) is 29.6. The topological polar surface area (TPSA) is 41.5 Å². The van der Waals surface area contributed by atoms with E-state index < -0.39 is 5.60 Å². The maximum atomic E-state index is 10.2. The molecule has 0 amide bonds. The van der Waals surface area contributed by atoms with E-state index in [1.54, 1.807) is 0 Å². The van der Waals surface area contributed by atoms with E-state index in [0.717, 1.165) is 38.8 Å². The minimum atomic E-state index is -0.531. The van der Waals surface area contributed by atoms with Crippen molar-refractivity contribution in [1.82, 2.24) is 5.32 Å². The molecule has 3 nitrogen and oxygen atoms in total. The van der Waals surface area contributed by atoms with Crippen LogP contribution in [0.3, 0.4) is 0 Å². The zero-order valence-electron chi connectivity index (χ0n) is 9.01. The van der Waals surface area contributed by atoms with E-state index in [-0.39, 0.29) is 5.60 Å². The Hall–Kier alpha value is -0.120. The average Bonchev–Trinajstić information content (AvgIpc) is 2.13. The molecular formula is C11H21NO2. The van der Waals surface area contributed by atoms with Gasteiger partial charge in [0, 0.05) is 13.1 Å². The monoisotopic (exact) mass is 199 g/mol. The maximum absolute atomic E-state index is 10.2. The molecule has 1 saturated heterocycles. The van der Waals surface area contributed by atoms with Crippen molar-refractivity contribution in [3.8, 4) is 0 Å². The van der Waals surface area contributed by atoms with Gasteiger partial charge in [0.2, 0.25) is 0 Å². The number of rotatable bonds is 3. The van der Waals surface area contributed by atoms with Gasteiger partial charge in [-0.1, -0.05) is 19.3 Å². The van der Waals surface area contributed by atoms with Gasteiger partial charge in [-0.3, -0.25) is 0 Å². The van der Waals surface area contributed by atoms with Crippen LogP contribution in [0.4, 0.5) is 0 Å². The van der Waals surface area contributed by atoms with E-state index in [4.69, 9.17) is 4.74 Å². The van der Waals surface area contributed by atoms with E-state index in [9.17, 15) is 5.11 Å². The smallest absolute Gasteiger partial charge is 0.0903 e. The Kier molecular flexibility index (Phi) is 2.82. The quantitative estimate of drug-likeness (QED) is 0.714. The molecular weight excluding hydrogens is 178 g/mol. The summed E-state index contributed by atoms with van der Waals surface area (Å²) in [4.78, 5) is 0. The third-order valence-corrected chi connectivity index (χ3v) is 3.47. The Labute approximate surface area is 85.8 Å². The van der Waals surface area contributed by atoms with Crippen molar-refractivity contribution in [3.63, 3.8) is 0 Å². The van der Waals surface area contributed by atoms with Gasteiger partial charge in [0.15, 0.2) is 0 Å². The molecule has 0 spiro atoms. The highest BCUT2D eigenvalue weighted by Crippen LogP contribution is 2.30. The lowest BCUT2D eigenvalue weighted by molar-refractivity contribution is -0.141. The summed E-state index contributed by atoms with van der Waals surface area (Å²) in [6.45, 7) is 4.47. The first kappa shape index (κ1) is 10.4. The summed E-state index contributed by atoms with van der Waals surface area (Å²) >= 11 is 0. The number of ether oxygens (including phenoxy) is 1. The lowest BCUT2D eigenvalue weighted by atomic mass is 9.85. The van der Waals surface area contributed by atoms with Gasteiger partial charge in [0.1, 0.15) is 0 Å². The van der Waals surface area contributed by atoms with Crippen molar-refractivity contribution in [3.05, 3.63) is 0 Å². The fourth-order valence-electron chi connectivity index (χ4n) is 2.24. The average molecular weight is 199 g/mol. The molecule has 1 heterocycles. The zero-order valence-corrected chi connectivity index (χ0v) is 9.01. The van der Waals surface area contributed by atoms with Crippen LogP contribution in [0.1, 0.15) is 39.0 Å². The van der Waals surface area contributed by atoms with Crippen LogP contribution in [0.25, 0.3) is 0 Å². The molecule has 82 valence electrons. The second-order valence-electron chi connectivity index (χ2n) is 5.13. The summed E-state index contributed by atoms with van der Waals surface area (Å²) in [6, 6.07) is 0. The molecule has 1 saturated carbocycles. The molecule has 0 aromatic heterocycles. The molecule has 2 aliphatic rings. The molecule has 3 heteroatoms. The van der Waals surface area contributed by atoms with Crippen LogP contribution in [-0.4, -0.2) is 36.0 Å². The molecule has 0 bridgehead atoms. The summed E-state index contributed by atoms with van der Waals surface area (Å²) < 4.78 is 5.80. The molecule has 2 fully saturated rings. The Morgan fingerprint density at radius 1 is 1.21 bits per heavy atom. The predicted octanol–water partition coefficient (Wildman–Crippen LogP) is 1.06. The summed E-state index contributed by atoms with van der Waals surface area (Å²) in [7, 11) is 0. The van der Waals surface area contributed by atoms with Crippen LogP contribution in [0.15, 0.2) is 0 Å². The number of aliphatic hydroxyl groups is 1. The number of hydrogen-bond donors (Lipinski definition) is 2. The van der Waals surface area contributed by atoms with Crippen LogP contribution in [-0.2, 0) is 4.74 Å². The van der Waals surface area contributed by atoms with Crippen LogP contribution in [0.2, 0.25) is 0 Å². The maximum Gasteiger partial charge on any atom is 0.0903 e. The SMILES string of the molecule is CC1(OCC2(O)CCCCC2)CNC1. The van der Waals surface area contributed by atoms with E-state index >= 15 is 0 Å². The molecule has 0 aromatic carbocycles. The van der Waals surface area contributed by atoms with Gasteiger partial charge in [0.25, 0.3) is 0 Å². The highest BCUT2D eigenvalue weighted by atomic mass is 16.5. The molecule has 2 rings (SSSR count). The van der Waals surface area contributed by atoms with Crippen molar-refractivity contribution in [2.24, 2.45) is 0 Å². The van der Waals surface area contributed by atoms with Gasteiger partial charge in [-0.2, -0.15) is 0 Å². The Morgan fingerprint density at radius 3 is 2.36 bits per heavy atom. The van der Waals surface area contributed by atoms with Crippen LogP contribution < -0.4 is 5.32 Å². The third kappa shape index (κ3) is 2.27. The molecule has 0 atom stereocenters. The molecule has 0 aromatic rings. The Balaban J connectivity index is 1.77. The van der Waals surface area contributed by atoms with Crippen LogP contribution in [0.5, 0.6) is 0 Å². The number of nitrogens with one attached hydrogen (secondary N) is 1. The minimum absolute atomic E-state index is 0.0207. The summed E-state index contributed by atoms with van der Waals surface area (Å²) in [5.74, 6) is 0. The van der Waals surface area contributed by atoms with E-state index in [1.165, 1.54) is 6.42 Å². The predicted molar refractivity (Wildman–Crippen MR) is 55.3 cm³/mol. The van der Waals surface area contributed by atoms with Crippen molar-refractivity contribution in [2.45, 2.75) is 50.2 Å².